The summed E-state index contributed by atoms with van der Waals surface area (Å²) in [5.41, 5.74) is 2.71. The zero-order valence-electron chi connectivity index (χ0n) is 15.9. The minimum atomic E-state index is -0.322. The molecule has 27 heavy (non-hydrogen) atoms. The van der Waals surface area contributed by atoms with Gasteiger partial charge in [-0.05, 0) is 49.6 Å². The maximum absolute atomic E-state index is 12.9. The summed E-state index contributed by atoms with van der Waals surface area (Å²) in [5.74, 6) is -0.155. The highest BCUT2D eigenvalue weighted by Gasteiger charge is 2.17. The van der Waals surface area contributed by atoms with E-state index in [9.17, 15) is 14.0 Å². The number of hydrogen-bond donors (Lipinski definition) is 1. The molecule has 0 bridgehead atoms. The van der Waals surface area contributed by atoms with Gasteiger partial charge in [-0.1, -0.05) is 30.3 Å². The van der Waals surface area contributed by atoms with E-state index in [4.69, 9.17) is 4.74 Å². The first-order valence-electron chi connectivity index (χ1n) is 8.88. The van der Waals surface area contributed by atoms with Gasteiger partial charge in [0.1, 0.15) is 11.6 Å². The molecule has 2 aromatic carbocycles. The van der Waals surface area contributed by atoms with Crippen LogP contribution in [0.5, 0.6) is 5.75 Å². The molecule has 0 aliphatic rings. The van der Waals surface area contributed by atoms with E-state index in [1.807, 2.05) is 39.0 Å². The number of likely N-dealkylation sites (N-methyl/N-ethyl adjacent to an activating group) is 1. The van der Waals surface area contributed by atoms with Crippen molar-refractivity contribution in [1.29, 1.82) is 0 Å². The fourth-order valence-corrected chi connectivity index (χ4v) is 2.66. The van der Waals surface area contributed by atoms with Crippen molar-refractivity contribution in [1.82, 2.24) is 10.2 Å². The number of rotatable bonds is 8. The van der Waals surface area contributed by atoms with Gasteiger partial charge in [-0.3, -0.25) is 9.59 Å². The molecule has 5 nitrogen and oxygen atoms in total. The number of aryl methyl sites for hydroxylation is 2. The number of para-hydroxylation sites is 1. The van der Waals surface area contributed by atoms with Gasteiger partial charge in [0.2, 0.25) is 5.91 Å². The first kappa shape index (κ1) is 20.4. The molecule has 0 radical (unpaired) electrons. The lowest BCUT2D eigenvalue weighted by atomic mass is 10.1. The second-order valence-corrected chi connectivity index (χ2v) is 6.32. The third-order valence-corrected chi connectivity index (χ3v) is 4.22. The van der Waals surface area contributed by atoms with Gasteiger partial charge in [-0.25, -0.2) is 4.39 Å². The van der Waals surface area contributed by atoms with Crippen LogP contribution >= 0.6 is 0 Å². The van der Waals surface area contributed by atoms with E-state index in [2.05, 4.69) is 5.32 Å². The van der Waals surface area contributed by atoms with Gasteiger partial charge in [-0.2, -0.15) is 0 Å². The third-order valence-electron chi connectivity index (χ3n) is 4.22. The summed E-state index contributed by atoms with van der Waals surface area (Å²) in [6.07, 6.45) is 0. The highest BCUT2D eigenvalue weighted by atomic mass is 19.1. The first-order chi connectivity index (χ1) is 12.9. The monoisotopic (exact) mass is 372 g/mol. The van der Waals surface area contributed by atoms with Crippen molar-refractivity contribution in [3.63, 3.8) is 0 Å². The maximum atomic E-state index is 12.9. The Hall–Kier alpha value is -2.89. The number of nitrogens with one attached hydrogen (secondary N) is 1. The molecular weight excluding hydrogens is 347 g/mol. The van der Waals surface area contributed by atoms with E-state index in [0.29, 0.717) is 12.3 Å². The topological polar surface area (TPSA) is 58.6 Å². The maximum Gasteiger partial charge on any atom is 0.260 e. The fraction of sp³-hybridized carbons (Fsp3) is 0.333. The second kappa shape index (κ2) is 9.71. The minimum Gasteiger partial charge on any atom is -0.483 e. The largest absolute Gasteiger partial charge is 0.483 e. The molecule has 2 aromatic rings. The van der Waals surface area contributed by atoms with Gasteiger partial charge in [0.05, 0.1) is 6.54 Å². The molecule has 0 atom stereocenters. The van der Waals surface area contributed by atoms with Gasteiger partial charge in [0.15, 0.2) is 6.61 Å². The Morgan fingerprint density at radius 1 is 1.07 bits per heavy atom. The molecule has 0 aliphatic carbocycles. The van der Waals surface area contributed by atoms with Crippen molar-refractivity contribution in [2.75, 3.05) is 19.7 Å². The number of halogens is 1. The smallest absolute Gasteiger partial charge is 0.260 e. The first-order valence-corrected chi connectivity index (χ1v) is 8.88. The highest BCUT2D eigenvalue weighted by molar-refractivity contribution is 5.85. The fourth-order valence-electron chi connectivity index (χ4n) is 2.66. The molecule has 0 saturated heterocycles. The van der Waals surface area contributed by atoms with Crippen LogP contribution in [0.4, 0.5) is 4.39 Å². The molecule has 0 unspecified atom stereocenters. The molecule has 1 N–H and O–H groups in total. The van der Waals surface area contributed by atoms with Crippen molar-refractivity contribution < 1.29 is 18.7 Å². The quantitative estimate of drug-likeness (QED) is 0.775. The Morgan fingerprint density at radius 2 is 1.70 bits per heavy atom. The zero-order valence-corrected chi connectivity index (χ0v) is 15.9. The van der Waals surface area contributed by atoms with E-state index in [1.54, 1.807) is 12.1 Å². The second-order valence-electron chi connectivity index (χ2n) is 6.32. The molecule has 0 heterocycles. The molecule has 0 saturated carbocycles. The lowest BCUT2D eigenvalue weighted by Crippen LogP contribution is -2.42. The number of amides is 2. The Labute approximate surface area is 159 Å². The molecule has 0 aliphatic heterocycles. The SMILES string of the molecule is CCN(CC(=O)NCc1ccc(F)cc1)C(=O)COc1c(C)cccc1C. The Morgan fingerprint density at radius 3 is 2.30 bits per heavy atom. The normalized spacial score (nSPS) is 10.4. The van der Waals surface area contributed by atoms with Gasteiger partial charge < -0.3 is 15.0 Å². The Balaban J connectivity index is 1.84. The number of ether oxygens (including phenoxy) is 1. The Kier molecular flexibility index (Phi) is 7.34. The van der Waals surface area contributed by atoms with Crippen molar-refractivity contribution in [2.24, 2.45) is 0 Å². The summed E-state index contributed by atoms with van der Waals surface area (Å²) >= 11 is 0. The van der Waals surface area contributed by atoms with Gasteiger partial charge in [-0.15, -0.1) is 0 Å². The number of hydrogen-bond acceptors (Lipinski definition) is 3. The van der Waals surface area contributed by atoms with E-state index in [-0.39, 0.29) is 37.3 Å². The average Bonchev–Trinajstić information content (AvgIpc) is 2.65. The van der Waals surface area contributed by atoms with Crippen LogP contribution in [0, 0.1) is 19.7 Å². The lowest BCUT2D eigenvalue weighted by molar-refractivity contribution is -0.137. The predicted octanol–water partition coefficient (Wildman–Crippen LogP) is 2.99. The van der Waals surface area contributed by atoms with E-state index >= 15 is 0 Å². The van der Waals surface area contributed by atoms with Crippen LogP contribution in [0.15, 0.2) is 42.5 Å². The summed E-state index contributed by atoms with van der Waals surface area (Å²) in [6, 6.07) is 11.7. The molecule has 2 rings (SSSR count). The van der Waals surface area contributed by atoms with Crippen molar-refractivity contribution in [3.05, 3.63) is 65.0 Å². The summed E-state index contributed by atoms with van der Waals surface area (Å²) < 4.78 is 18.6. The van der Waals surface area contributed by atoms with Crippen LogP contribution in [0.25, 0.3) is 0 Å². The predicted molar refractivity (Wildman–Crippen MR) is 102 cm³/mol. The van der Waals surface area contributed by atoms with Crippen LogP contribution in [0.3, 0.4) is 0 Å². The Bertz CT molecular complexity index is 770. The van der Waals surface area contributed by atoms with Crippen LogP contribution in [0.1, 0.15) is 23.6 Å². The summed E-state index contributed by atoms with van der Waals surface area (Å²) in [6.45, 7) is 6.17. The lowest BCUT2D eigenvalue weighted by Gasteiger charge is -2.21. The molecule has 144 valence electrons. The van der Waals surface area contributed by atoms with Gasteiger partial charge >= 0.3 is 0 Å². The van der Waals surface area contributed by atoms with Gasteiger partial charge in [0, 0.05) is 13.1 Å². The van der Waals surface area contributed by atoms with E-state index in [1.165, 1.54) is 17.0 Å². The minimum absolute atomic E-state index is 0.0490. The number of carbonyl (C=O) groups excluding carboxylic acids is 2. The average molecular weight is 372 g/mol. The molecule has 2 amide bonds. The van der Waals surface area contributed by atoms with Crippen LogP contribution in [0.2, 0.25) is 0 Å². The molecule has 0 fully saturated rings. The summed E-state index contributed by atoms with van der Waals surface area (Å²) in [5, 5.41) is 2.73. The highest BCUT2D eigenvalue weighted by Crippen LogP contribution is 2.22. The van der Waals surface area contributed by atoms with Crippen molar-refractivity contribution in [2.45, 2.75) is 27.3 Å². The number of nitrogens with zero attached hydrogens (tertiary/aromatic N) is 1. The number of benzene rings is 2. The molecule has 6 heteroatoms. The summed E-state index contributed by atoms with van der Waals surface area (Å²) in [7, 11) is 0. The molecule has 0 aromatic heterocycles. The third kappa shape index (κ3) is 6.09. The van der Waals surface area contributed by atoms with E-state index in [0.717, 1.165) is 16.7 Å². The molecule has 0 spiro atoms. The standard InChI is InChI=1S/C21H25FN2O3/c1-4-24(13-19(25)23-12-17-8-10-18(22)11-9-17)20(26)14-27-21-15(2)6-5-7-16(21)3/h5-11H,4,12-14H2,1-3H3,(H,23,25). The van der Waals surface area contributed by atoms with Crippen LogP contribution in [-0.4, -0.2) is 36.4 Å². The van der Waals surface area contributed by atoms with Crippen molar-refractivity contribution >= 4 is 11.8 Å². The van der Waals surface area contributed by atoms with E-state index < -0.39 is 0 Å². The van der Waals surface area contributed by atoms with Crippen molar-refractivity contribution in [3.8, 4) is 5.75 Å². The van der Waals surface area contributed by atoms with Crippen LogP contribution in [-0.2, 0) is 16.1 Å². The number of carbonyl (C=O) groups is 2. The van der Waals surface area contributed by atoms with Crippen LogP contribution < -0.4 is 10.1 Å². The van der Waals surface area contributed by atoms with Gasteiger partial charge in [0.25, 0.3) is 5.91 Å². The summed E-state index contributed by atoms with van der Waals surface area (Å²) in [4.78, 5) is 26.0. The zero-order chi connectivity index (χ0) is 19.8. The molecular formula is C21H25FN2O3.